The van der Waals surface area contributed by atoms with Crippen molar-refractivity contribution >= 4 is 16.9 Å². The minimum atomic E-state index is 0.140. The van der Waals surface area contributed by atoms with Gasteiger partial charge in [0.1, 0.15) is 12.4 Å². The summed E-state index contributed by atoms with van der Waals surface area (Å²) in [6.07, 6.45) is 6.74. The average Bonchev–Trinajstić information content (AvgIpc) is 3.33. The van der Waals surface area contributed by atoms with Gasteiger partial charge in [-0.1, -0.05) is 19.1 Å². The second-order valence-corrected chi connectivity index (χ2v) is 6.65. The summed E-state index contributed by atoms with van der Waals surface area (Å²) in [6, 6.07) is 8.17. The van der Waals surface area contributed by atoms with Gasteiger partial charge in [0, 0.05) is 31.8 Å². The van der Waals surface area contributed by atoms with Crippen LogP contribution in [0, 0.1) is 0 Å². The van der Waals surface area contributed by atoms with Crippen LogP contribution in [0.5, 0.6) is 0 Å². The van der Waals surface area contributed by atoms with Gasteiger partial charge in [-0.25, -0.2) is 4.98 Å². The number of aryl methyl sites for hydroxylation is 2. The lowest BCUT2D eigenvalue weighted by atomic mass is 10.1. The fourth-order valence-electron chi connectivity index (χ4n) is 3.82. The molecular weight excluding hydrogens is 314 g/mol. The molecule has 1 amide bonds. The van der Waals surface area contributed by atoms with Crippen molar-refractivity contribution in [1.29, 1.82) is 0 Å². The third-order valence-corrected chi connectivity index (χ3v) is 5.03. The summed E-state index contributed by atoms with van der Waals surface area (Å²) in [5.74, 6) is 1.12. The highest BCUT2D eigenvalue weighted by atomic mass is 16.2. The number of para-hydroxylation sites is 2. The van der Waals surface area contributed by atoms with E-state index >= 15 is 0 Å². The van der Waals surface area contributed by atoms with Gasteiger partial charge >= 0.3 is 0 Å². The zero-order chi connectivity index (χ0) is 17.4. The molecule has 0 radical (unpaired) electrons. The second kappa shape index (κ2) is 6.35. The van der Waals surface area contributed by atoms with Crippen LogP contribution in [0.1, 0.15) is 37.2 Å². The molecule has 1 aliphatic heterocycles. The Morgan fingerprint density at radius 2 is 2.16 bits per heavy atom. The molecule has 0 unspecified atom stereocenters. The lowest BCUT2D eigenvalue weighted by Gasteiger charge is -2.24. The Morgan fingerprint density at radius 1 is 1.32 bits per heavy atom. The first-order valence-electron chi connectivity index (χ1n) is 8.89. The van der Waals surface area contributed by atoms with Crippen molar-refractivity contribution in [3.63, 3.8) is 0 Å². The number of nitrogens with zero attached hydrogens (tertiary/aromatic N) is 5. The van der Waals surface area contributed by atoms with Crippen LogP contribution in [0.25, 0.3) is 11.0 Å². The molecule has 1 aromatic carbocycles. The Labute approximate surface area is 147 Å². The zero-order valence-corrected chi connectivity index (χ0v) is 14.7. The SMILES string of the molecule is CCc1nc2ccccc2n1CC(=O)N1CCC[C@@H]1c1cnn(C)c1. The number of carbonyl (C=O) groups is 1. The highest BCUT2D eigenvalue weighted by Crippen LogP contribution is 2.32. The van der Waals surface area contributed by atoms with Crippen LogP contribution in [-0.4, -0.2) is 36.7 Å². The first kappa shape index (κ1) is 15.9. The van der Waals surface area contributed by atoms with Crippen molar-refractivity contribution in [2.45, 2.75) is 38.8 Å². The van der Waals surface area contributed by atoms with Crippen molar-refractivity contribution in [3.8, 4) is 0 Å². The number of imidazole rings is 1. The number of fused-ring (bicyclic) bond motifs is 1. The van der Waals surface area contributed by atoms with E-state index in [1.807, 2.05) is 48.6 Å². The van der Waals surface area contributed by atoms with Gasteiger partial charge in [0.2, 0.25) is 5.91 Å². The van der Waals surface area contributed by atoms with Crippen molar-refractivity contribution in [3.05, 3.63) is 48.0 Å². The number of amides is 1. The summed E-state index contributed by atoms with van der Waals surface area (Å²) in [6.45, 7) is 3.24. The minimum Gasteiger partial charge on any atom is -0.334 e. The van der Waals surface area contributed by atoms with E-state index in [4.69, 9.17) is 0 Å². The smallest absolute Gasteiger partial charge is 0.243 e. The van der Waals surface area contributed by atoms with Gasteiger partial charge in [0.25, 0.3) is 0 Å². The lowest BCUT2D eigenvalue weighted by Crippen LogP contribution is -2.33. The van der Waals surface area contributed by atoms with Crippen molar-refractivity contribution < 1.29 is 4.79 Å². The lowest BCUT2D eigenvalue weighted by molar-refractivity contribution is -0.132. The van der Waals surface area contributed by atoms with Crippen molar-refractivity contribution in [2.75, 3.05) is 6.54 Å². The predicted octanol–water partition coefficient (Wildman–Crippen LogP) is 2.70. The maximum absolute atomic E-state index is 13.1. The molecule has 3 heterocycles. The number of hydrogen-bond acceptors (Lipinski definition) is 3. The topological polar surface area (TPSA) is 56.0 Å². The fourth-order valence-corrected chi connectivity index (χ4v) is 3.82. The minimum absolute atomic E-state index is 0.140. The van der Waals surface area contributed by atoms with Crippen LogP contribution in [0.2, 0.25) is 0 Å². The van der Waals surface area contributed by atoms with Crippen LogP contribution in [-0.2, 0) is 24.8 Å². The van der Waals surface area contributed by atoms with E-state index in [-0.39, 0.29) is 11.9 Å². The zero-order valence-electron chi connectivity index (χ0n) is 14.7. The maximum atomic E-state index is 13.1. The molecule has 130 valence electrons. The van der Waals surface area contributed by atoms with E-state index in [2.05, 4.69) is 21.6 Å². The molecule has 1 aliphatic rings. The number of rotatable bonds is 4. The molecule has 6 nitrogen and oxygen atoms in total. The van der Waals surface area contributed by atoms with Gasteiger partial charge < -0.3 is 9.47 Å². The number of aromatic nitrogens is 4. The molecule has 1 saturated heterocycles. The first-order chi connectivity index (χ1) is 12.2. The molecular formula is C19H23N5O. The molecule has 0 bridgehead atoms. The van der Waals surface area contributed by atoms with E-state index in [0.29, 0.717) is 6.54 Å². The molecule has 6 heteroatoms. The van der Waals surface area contributed by atoms with Crippen LogP contribution in [0.3, 0.4) is 0 Å². The molecule has 1 atom stereocenters. The summed E-state index contributed by atoms with van der Waals surface area (Å²) >= 11 is 0. The summed E-state index contributed by atoms with van der Waals surface area (Å²) in [5.41, 5.74) is 3.11. The standard InChI is InChI=1S/C19H23N5O/c1-3-18-21-15-7-4-5-8-17(15)24(18)13-19(25)23-10-6-9-16(23)14-11-20-22(2)12-14/h4-5,7-8,11-12,16H,3,6,9-10,13H2,1-2H3/t16-/m1/s1. The Kier molecular flexibility index (Phi) is 4.03. The molecule has 0 aliphatic carbocycles. The summed E-state index contributed by atoms with van der Waals surface area (Å²) in [4.78, 5) is 19.7. The Hall–Kier alpha value is -2.63. The molecule has 2 aromatic heterocycles. The number of hydrogen-bond donors (Lipinski definition) is 0. The van der Waals surface area contributed by atoms with E-state index in [9.17, 15) is 4.79 Å². The molecule has 1 fully saturated rings. The summed E-state index contributed by atoms with van der Waals surface area (Å²) < 4.78 is 3.87. The third-order valence-electron chi connectivity index (χ3n) is 5.03. The van der Waals surface area contributed by atoms with E-state index < -0.39 is 0 Å². The second-order valence-electron chi connectivity index (χ2n) is 6.65. The fraction of sp³-hybridized carbons (Fsp3) is 0.421. The van der Waals surface area contributed by atoms with Gasteiger partial charge in [-0.3, -0.25) is 9.48 Å². The van der Waals surface area contributed by atoms with E-state index in [1.54, 1.807) is 4.68 Å². The average molecular weight is 337 g/mol. The molecule has 25 heavy (non-hydrogen) atoms. The van der Waals surface area contributed by atoms with Gasteiger partial charge in [-0.2, -0.15) is 5.10 Å². The highest BCUT2D eigenvalue weighted by Gasteiger charge is 2.31. The Morgan fingerprint density at radius 3 is 2.92 bits per heavy atom. The number of carbonyl (C=O) groups excluding carboxylic acids is 1. The molecule has 3 aromatic rings. The van der Waals surface area contributed by atoms with Crippen LogP contribution in [0.15, 0.2) is 36.7 Å². The molecule has 0 N–H and O–H groups in total. The van der Waals surface area contributed by atoms with Gasteiger partial charge in [0.15, 0.2) is 0 Å². The van der Waals surface area contributed by atoms with Crippen molar-refractivity contribution in [1.82, 2.24) is 24.2 Å². The van der Waals surface area contributed by atoms with Crippen LogP contribution >= 0.6 is 0 Å². The van der Waals surface area contributed by atoms with E-state index in [1.165, 1.54) is 0 Å². The van der Waals surface area contributed by atoms with Crippen molar-refractivity contribution in [2.24, 2.45) is 7.05 Å². The monoisotopic (exact) mass is 337 g/mol. The summed E-state index contributed by atoms with van der Waals surface area (Å²) in [7, 11) is 1.91. The van der Waals surface area contributed by atoms with Gasteiger partial charge in [-0.15, -0.1) is 0 Å². The summed E-state index contributed by atoms with van der Waals surface area (Å²) in [5, 5.41) is 4.26. The number of benzene rings is 1. The third kappa shape index (κ3) is 2.81. The number of likely N-dealkylation sites (tertiary alicyclic amines) is 1. The van der Waals surface area contributed by atoms with Crippen LogP contribution < -0.4 is 0 Å². The Bertz CT molecular complexity index is 910. The van der Waals surface area contributed by atoms with Gasteiger partial charge in [0.05, 0.1) is 23.3 Å². The van der Waals surface area contributed by atoms with Gasteiger partial charge in [-0.05, 0) is 25.0 Å². The Balaban J connectivity index is 1.61. The highest BCUT2D eigenvalue weighted by molar-refractivity contribution is 5.81. The molecule has 4 rings (SSSR count). The quantitative estimate of drug-likeness (QED) is 0.735. The van der Waals surface area contributed by atoms with Crippen LogP contribution in [0.4, 0.5) is 0 Å². The molecule has 0 spiro atoms. The first-order valence-corrected chi connectivity index (χ1v) is 8.89. The van der Waals surface area contributed by atoms with E-state index in [0.717, 1.165) is 48.2 Å². The maximum Gasteiger partial charge on any atom is 0.243 e. The molecule has 0 saturated carbocycles. The largest absolute Gasteiger partial charge is 0.334 e. The normalized spacial score (nSPS) is 17.5. The predicted molar refractivity (Wildman–Crippen MR) is 96.0 cm³/mol.